The zero-order valence-electron chi connectivity index (χ0n) is 12.8. The molecule has 2 rings (SSSR count). The number of amides is 1. The first-order chi connectivity index (χ1) is 10.6. The molecule has 1 saturated heterocycles. The summed E-state index contributed by atoms with van der Waals surface area (Å²) in [6.45, 7) is 4.02. The average Bonchev–Trinajstić information content (AvgIpc) is 2.94. The van der Waals surface area contributed by atoms with E-state index in [1.807, 2.05) is 25.1 Å². The maximum Gasteiger partial charge on any atom is 0.257 e. The molecule has 1 aromatic rings. The van der Waals surface area contributed by atoms with Crippen molar-refractivity contribution in [3.05, 3.63) is 35.9 Å². The second kappa shape index (κ2) is 8.22. The van der Waals surface area contributed by atoms with E-state index in [0.717, 1.165) is 19.3 Å². The van der Waals surface area contributed by atoms with Crippen LogP contribution in [0.25, 0.3) is 0 Å². The van der Waals surface area contributed by atoms with Gasteiger partial charge in [-0.05, 0) is 44.1 Å². The lowest BCUT2D eigenvalue weighted by atomic mass is 10.1. The van der Waals surface area contributed by atoms with Crippen molar-refractivity contribution < 1.29 is 14.3 Å². The fourth-order valence-corrected chi connectivity index (χ4v) is 2.48. The summed E-state index contributed by atoms with van der Waals surface area (Å²) in [6, 6.07) is 9.00. The number of benzene rings is 1. The van der Waals surface area contributed by atoms with E-state index in [9.17, 15) is 4.79 Å². The minimum atomic E-state index is -0.429. The van der Waals surface area contributed by atoms with Crippen molar-refractivity contribution in [3.8, 4) is 0 Å². The Hall–Kier alpha value is -1.50. The molecule has 120 valence electrons. The highest BCUT2D eigenvalue weighted by atomic mass is 32.1. The Labute approximate surface area is 136 Å². The number of hydrogen-bond acceptors (Lipinski definition) is 4. The van der Waals surface area contributed by atoms with Crippen LogP contribution in [0.3, 0.4) is 0 Å². The Balaban J connectivity index is 1.59. The van der Waals surface area contributed by atoms with Crippen LogP contribution in [-0.4, -0.2) is 36.6 Å². The second-order valence-corrected chi connectivity index (χ2v) is 5.77. The van der Waals surface area contributed by atoms with Gasteiger partial charge in [0.15, 0.2) is 10.9 Å². The highest BCUT2D eigenvalue weighted by Crippen LogP contribution is 2.24. The van der Waals surface area contributed by atoms with Gasteiger partial charge in [-0.2, -0.15) is 0 Å². The van der Waals surface area contributed by atoms with Crippen LogP contribution in [0.1, 0.15) is 36.5 Å². The van der Waals surface area contributed by atoms with Crippen molar-refractivity contribution in [2.45, 2.75) is 32.0 Å². The summed E-state index contributed by atoms with van der Waals surface area (Å²) < 4.78 is 11.1. The number of carbonyl (C=O) groups excluding carboxylic acids is 1. The fourth-order valence-electron chi connectivity index (χ4n) is 2.28. The molecule has 0 radical (unpaired) electrons. The maximum atomic E-state index is 11.9. The van der Waals surface area contributed by atoms with E-state index >= 15 is 0 Å². The first kappa shape index (κ1) is 16.9. The number of nitrogens with one attached hydrogen (secondary N) is 2. The summed E-state index contributed by atoms with van der Waals surface area (Å²) in [5.41, 5.74) is 0.593. The van der Waals surface area contributed by atoms with Gasteiger partial charge in [0.1, 0.15) is 0 Å². The Bertz CT molecular complexity index is 501. The molecule has 0 bridgehead atoms. The first-order valence-corrected chi connectivity index (χ1v) is 7.92. The number of rotatable bonds is 6. The largest absolute Gasteiger partial charge is 0.362 e. The summed E-state index contributed by atoms with van der Waals surface area (Å²) in [7, 11) is 0. The molecule has 1 aromatic carbocycles. The van der Waals surface area contributed by atoms with Crippen molar-refractivity contribution in [3.63, 3.8) is 0 Å². The molecule has 1 amide bonds. The van der Waals surface area contributed by atoms with Gasteiger partial charge in [-0.3, -0.25) is 10.1 Å². The molecule has 2 N–H and O–H groups in total. The van der Waals surface area contributed by atoms with Crippen molar-refractivity contribution in [1.29, 1.82) is 0 Å². The van der Waals surface area contributed by atoms with Gasteiger partial charge in [-0.25, -0.2) is 0 Å². The van der Waals surface area contributed by atoms with Crippen LogP contribution in [0.2, 0.25) is 0 Å². The number of carbonyl (C=O) groups is 1. The van der Waals surface area contributed by atoms with E-state index in [-0.39, 0.29) is 5.91 Å². The monoisotopic (exact) mass is 322 g/mol. The second-order valence-electron chi connectivity index (χ2n) is 5.36. The molecular weight excluding hydrogens is 300 g/mol. The van der Waals surface area contributed by atoms with E-state index in [1.54, 1.807) is 12.1 Å². The highest BCUT2D eigenvalue weighted by Gasteiger charge is 2.29. The third kappa shape index (κ3) is 5.36. The standard InChI is InChI=1S/C16H22N2O3S/c1-16(20-11-12-21-16)9-5-6-10-17-15(22)18-14(19)13-7-3-2-4-8-13/h2-4,7-8H,5-6,9-12H2,1H3,(H2,17,18,19,22). The third-order valence-corrected chi connectivity index (χ3v) is 3.75. The zero-order valence-corrected chi connectivity index (χ0v) is 13.6. The van der Waals surface area contributed by atoms with Crippen molar-refractivity contribution in [1.82, 2.24) is 10.6 Å². The zero-order chi connectivity index (χ0) is 15.8. The van der Waals surface area contributed by atoms with E-state index in [1.165, 1.54) is 0 Å². The molecule has 0 aromatic heterocycles. The fraction of sp³-hybridized carbons (Fsp3) is 0.500. The van der Waals surface area contributed by atoms with Crippen molar-refractivity contribution >= 4 is 23.2 Å². The van der Waals surface area contributed by atoms with Crippen molar-refractivity contribution in [2.24, 2.45) is 0 Å². The van der Waals surface area contributed by atoms with Crippen molar-refractivity contribution in [2.75, 3.05) is 19.8 Å². The SMILES string of the molecule is CC1(CCCCNC(=S)NC(=O)c2ccccc2)OCCO1. The van der Waals surface area contributed by atoms with Gasteiger partial charge in [-0.15, -0.1) is 0 Å². The molecule has 0 aliphatic carbocycles. The molecular formula is C16H22N2O3S. The Morgan fingerprint density at radius 3 is 2.59 bits per heavy atom. The molecule has 6 heteroatoms. The smallest absolute Gasteiger partial charge is 0.257 e. The molecule has 0 saturated carbocycles. The minimum absolute atomic E-state index is 0.196. The van der Waals surface area contributed by atoms with Crippen LogP contribution in [-0.2, 0) is 9.47 Å². The predicted octanol–water partition coefficient (Wildman–Crippen LogP) is 2.22. The number of hydrogen-bond donors (Lipinski definition) is 2. The van der Waals surface area contributed by atoms with Gasteiger partial charge in [0.05, 0.1) is 13.2 Å². The van der Waals surface area contributed by atoms with E-state index in [0.29, 0.717) is 30.4 Å². The van der Waals surface area contributed by atoms with E-state index in [4.69, 9.17) is 21.7 Å². The molecule has 22 heavy (non-hydrogen) atoms. The molecule has 0 atom stereocenters. The Morgan fingerprint density at radius 1 is 1.23 bits per heavy atom. The van der Waals surface area contributed by atoms with Gasteiger partial charge in [0.25, 0.3) is 5.91 Å². The van der Waals surface area contributed by atoms with Gasteiger partial charge < -0.3 is 14.8 Å². The van der Waals surface area contributed by atoms with Gasteiger partial charge in [-0.1, -0.05) is 18.2 Å². The first-order valence-electron chi connectivity index (χ1n) is 7.51. The number of unbranched alkanes of at least 4 members (excludes halogenated alkanes) is 1. The molecule has 0 unspecified atom stereocenters. The van der Waals surface area contributed by atoms with Gasteiger partial charge in [0, 0.05) is 18.5 Å². The average molecular weight is 322 g/mol. The van der Waals surface area contributed by atoms with Crippen LogP contribution in [0, 0.1) is 0 Å². The maximum absolute atomic E-state index is 11.9. The quantitative estimate of drug-likeness (QED) is 0.621. The molecule has 1 aliphatic rings. The van der Waals surface area contributed by atoms with Gasteiger partial charge >= 0.3 is 0 Å². The van der Waals surface area contributed by atoms with Crippen LogP contribution in [0.5, 0.6) is 0 Å². The lowest BCUT2D eigenvalue weighted by Crippen LogP contribution is -2.39. The van der Waals surface area contributed by atoms with E-state index < -0.39 is 5.79 Å². The summed E-state index contributed by atoms with van der Waals surface area (Å²) in [5, 5.41) is 6.06. The van der Waals surface area contributed by atoms with E-state index in [2.05, 4.69) is 10.6 Å². The third-order valence-electron chi connectivity index (χ3n) is 3.50. The van der Waals surface area contributed by atoms with Crippen LogP contribution < -0.4 is 10.6 Å². The predicted molar refractivity (Wildman–Crippen MR) is 88.7 cm³/mol. The van der Waals surface area contributed by atoms with Crippen LogP contribution >= 0.6 is 12.2 Å². The van der Waals surface area contributed by atoms with Crippen LogP contribution in [0.4, 0.5) is 0 Å². The Kier molecular flexibility index (Phi) is 6.30. The molecule has 1 heterocycles. The highest BCUT2D eigenvalue weighted by molar-refractivity contribution is 7.80. The molecule has 0 spiro atoms. The molecule has 1 fully saturated rings. The number of ether oxygens (including phenoxy) is 2. The minimum Gasteiger partial charge on any atom is -0.362 e. The number of thiocarbonyl (C=S) groups is 1. The summed E-state index contributed by atoms with van der Waals surface area (Å²) >= 11 is 5.12. The lowest BCUT2D eigenvalue weighted by Gasteiger charge is -2.21. The normalized spacial score (nSPS) is 16.2. The molecule has 5 nitrogen and oxygen atoms in total. The van der Waals surface area contributed by atoms with Gasteiger partial charge in [0.2, 0.25) is 0 Å². The summed E-state index contributed by atoms with van der Waals surface area (Å²) in [4.78, 5) is 11.9. The Morgan fingerprint density at radius 2 is 1.91 bits per heavy atom. The molecule has 1 aliphatic heterocycles. The lowest BCUT2D eigenvalue weighted by molar-refractivity contribution is -0.147. The summed E-state index contributed by atoms with van der Waals surface area (Å²) in [6.07, 6.45) is 2.76. The summed E-state index contributed by atoms with van der Waals surface area (Å²) in [5.74, 6) is -0.624. The van der Waals surface area contributed by atoms with Crippen LogP contribution in [0.15, 0.2) is 30.3 Å². The topological polar surface area (TPSA) is 59.6 Å².